The summed E-state index contributed by atoms with van der Waals surface area (Å²) in [7, 11) is 0. The third-order valence-corrected chi connectivity index (χ3v) is 5.12. The Balaban J connectivity index is 2.24. The first kappa shape index (κ1) is 20.2. The summed E-state index contributed by atoms with van der Waals surface area (Å²) in [5.41, 5.74) is -1.61. The lowest BCUT2D eigenvalue weighted by Crippen LogP contribution is -2.57. The Hall–Kier alpha value is -2.09. The molecule has 5 nitrogen and oxygen atoms in total. The van der Waals surface area contributed by atoms with E-state index in [9.17, 15) is 18.4 Å². The van der Waals surface area contributed by atoms with Gasteiger partial charge in [-0.05, 0) is 32.9 Å². The second-order valence-electron chi connectivity index (χ2n) is 6.67. The molecule has 0 spiro atoms. The van der Waals surface area contributed by atoms with Crippen molar-refractivity contribution in [3.63, 3.8) is 0 Å². The molecule has 0 saturated carbocycles. The number of benzene rings is 1. The zero-order valence-corrected chi connectivity index (χ0v) is 16.2. The van der Waals surface area contributed by atoms with Crippen LogP contribution in [-0.2, 0) is 14.3 Å². The van der Waals surface area contributed by atoms with E-state index in [1.807, 2.05) is 13.8 Å². The van der Waals surface area contributed by atoms with Crippen molar-refractivity contribution >= 4 is 29.3 Å². The summed E-state index contributed by atoms with van der Waals surface area (Å²) >= 11 is 1.35. The van der Waals surface area contributed by atoms with E-state index in [1.165, 1.54) is 42.6 Å². The molecule has 1 aromatic rings. The summed E-state index contributed by atoms with van der Waals surface area (Å²) in [6.45, 7) is 8.55. The summed E-state index contributed by atoms with van der Waals surface area (Å²) < 4.78 is 32.7. The maximum absolute atomic E-state index is 13.8. The highest BCUT2D eigenvalue weighted by atomic mass is 32.2. The van der Waals surface area contributed by atoms with Crippen LogP contribution in [0.15, 0.2) is 28.9 Å². The molecule has 2 rings (SSSR count). The number of hydrogen-bond acceptors (Lipinski definition) is 4. The number of thioether (sulfide) groups is 1. The predicted molar refractivity (Wildman–Crippen MR) is 97.3 cm³/mol. The zero-order valence-electron chi connectivity index (χ0n) is 15.4. The fourth-order valence-corrected chi connectivity index (χ4v) is 3.25. The van der Waals surface area contributed by atoms with Crippen LogP contribution in [0.25, 0.3) is 0 Å². The average Bonchev–Trinajstić information content (AvgIpc) is 2.55. The van der Waals surface area contributed by atoms with E-state index in [4.69, 9.17) is 4.74 Å². The van der Waals surface area contributed by atoms with Crippen molar-refractivity contribution in [3.05, 3.63) is 40.5 Å². The van der Waals surface area contributed by atoms with E-state index in [2.05, 4.69) is 5.32 Å². The lowest BCUT2D eigenvalue weighted by atomic mass is 10.0. The average molecular weight is 384 g/mol. The molecule has 8 heteroatoms. The van der Waals surface area contributed by atoms with E-state index < -0.39 is 23.1 Å². The van der Waals surface area contributed by atoms with E-state index in [1.54, 1.807) is 6.92 Å². The third kappa shape index (κ3) is 4.00. The highest BCUT2D eigenvalue weighted by Crippen LogP contribution is 2.33. The first-order valence-corrected chi connectivity index (χ1v) is 9.01. The van der Waals surface area contributed by atoms with Crippen LogP contribution < -0.4 is 5.32 Å². The summed E-state index contributed by atoms with van der Waals surface area (Å²) in [6.07, 6.45) is 0. The minimum atomic E-state index is -1.33. The fraction of sp³-hybridized carbons (Fsp3) is 0.444. The van der Waals surface area contributed by atoms with E-state index >= 15 is 0 Å². The summed E-state index contributed by atoms with van der Waals surface area (Å²) in [5.74, 6) is -2.67. The van der Waals surface area contributed by atoms with Crippen molar-refractivity contribution in [2.75, 3.05) is 12.0 Å². The summed E-state index contributed by atoms with van der Waals surface area (Å²) in [6, 6.07) is 3.51. The van der Waals surface area contributed by atoms with Gasteiger partial charge in [-0.3, -0.25) is 14.5 Å². The van der Waals surface area contributed by atoms with Gasteiger partial charge in [0.25, 0.3) is 5.91 Å². The molecule has 0 unspecified atom stereocenters. The molecule has 1 N–H and O–H groups in total. The lowest BCUT2D eigenvalue weighted by Gasteiger charge is -2.40. The van der Waals surface area contributed by atoms with Gasteiger partial charge in [0.05, 0.1) is 5.69 Å². The Morgan fingerprint density at radius 3 is 2.62 bits per heavy atom. The van der Waals surface area contributed by atoms with Crippen molar-refractivity contribution in [3.8, 4) is 0 Å². The Kier molecular flexibility index (Phi) is 5.95. The van der Waals surface area contributed by atoms with Gasteiger partial charge in [-0.25, -0.2) is 8.78 Å². The highest BCUT2D eigenvalue weighted by Gasteiger charge is 2.42. The van der Waals surface area contributed by atoms with E-state index in [-0.39, 0.29) is 23.6 Å². The lowest BCUT2D eigenvalue weighted by molar-refractivity contribution is -0.148. The number of ether oxygens (including phenoxy) is 1. The van der Waals surface area contributed by atoms with Gasteiger partial charge in [-0.1, -0.05) is 19.9 Å². The van der Waals surface area contributed by atoms with Crippen LogP contribution >= 0.6 is 11.8 Å². The normalized spacial score (nSPS) is 15.4. The van der Waals surface area contributed by atoms with Crippen molar-refractivity contribution < 1.29 is 23.1 Å². The van der Waals surface area contributed by atoms with Crippen molar-refractivity contribution in [1.82, 2.24) is 4.90 Å². The van der Waals surface area contributed by atoms with Crippen LogP contribution in [0.2, 0.25) is 0 Å². The first-order chi connectivity index (χ1) is 12.1. The third-order valence-electron chi connectivity index (χ3n) is 3.95. The van der Waals surface area contributed by atoms with Crippen LogP contribution in [-0.4, -0.2) is 34.2 Å². The van der Waals surface area contributed by atoms with Gasteiger partial charge < -0.3 is 10.1 Å². The van der Waals surface area contributed by atoms with Gasteiger partial charge in [0, 0.05) is 5.25 Å². The SMILES string of the molecule is CC1=C(SC(C)C)C(=O)N(C(C)(C)C(=O)Nc2cccc(F)c2F)CO1. The van der Waals surface area contributed by atoms with Crippen LogP contribution in [0.5, 0.6) is 0 Å². The van der Waals surface area contributed by atoms with Crippen molar-refractivity contribution in [2.45, 2.75) is 45.4 Å². The number of allylic oxidation sites excluding steroid dienone is 1. The topological polar surface area (TPSA) is 58.6 Å². The largest absolute Gasteiger partial charge is 0.476 e. The van der Waals surface area contributed by atoms with Crippen LogP contribution in [0.1, 0.15) is 34.6 Å². The van der Waals surface area contributed by atoms with Crippen molar-refractivity contribution in [1.29, 1.82) is 0 Å². The molecule has 1 heterocycles. The van der Waals surface area contributed by atoms with Crippen LogP contribution in [0.3, 0.4) is 0 Å². The van der Waals surface area contributed by atoms with Gasteiger partial charge in [-0.2, -0.15) is 0 Å². The summed E-state index contributed by atoms with van der Waals surface area (Å²) in [4.78, 5) is 27.2. The molecular formula is C18H22F2N2O3S. The Morgan fingerprint density at radius 1 is 1.35 bits per heavy atom. The smallest absolute Gasteiger partial charge is 0.267 e. The van der Waals surface area contributed by atoms with Gasteiger partial charge in [-0.15, -0.1) is 11.8 Å². The molecule has 142 valence electrons. The second-order valence-corrected chi connectivity index (χ2v) is 8.26. The van der Waals surface area contributed by atoms with Gasteiger partial charge in [0.15, 0.2) is 18.4 Å². The predicted octanol–water partition coefficient (Wildman–Crippen LogP) is 3.87. The number of anilines is 1. The zero-order chi connectivity index (χ0) is 19.6. The molecule has 0 fully saturated rings. The van der Waals surface area contributed by atoms with E-state index in [0.717, 1.165) is 6.07 Å². The minimum absolute atomic E-state index is 0.0983. The molecule has 1 aliphatic rings. The van der Waals surface area contributed by atoms with Gasteiger partial charge >= 0.3 is 0 Å². The Bertz CT molecular complexity index is 763. The summed E-state index contributed by atoms with van der Waals surface area (Å²) in [5, 5.41) is 2.51. The monoisotopic (exact) mass is 384 g/mol. The number of halogens is 2. The molecule has 26 heavy (non-hydrogen) atoms. The maximum atomic E-state index is 13.8. The minimum Gasteiger partial charge on any atom is -0.476 e. The van der Waals surface area contributed by atoms with Gasteiger partial charge in [0.2, 0.25) is 5.91 Å². The van der Waals surface area contributed by atoms with Crippen molar-refractivity contribution in [2.24, 2.45) is 0 Å². The van der Waals surface area contributed by atoms with Crippen LogP contribution in [0.4, 0.5) is 14.5 Å². The number of carbonyl (C=O) groups is 2. The number of rotatable bonds is 5. The van der Waals surface area contributed by atoms with Gasteiger partial charge in [0.1, 0.15) is 16.2 Å². The second kappa shape index (κ2) is 7.65. The van der Waals surface area contributed by atoms with E-state index in [0.29, 0.717) is 10.7 Å². The number of carbonyl (C=O) groups excluding carboxylic acids is 2. The Morgan fingerprint density at radius 2 is 2.00 bits per heavy atom. The quantitative estimate of drug-likeness (QED) is 0.837. The molecule has 0 bridgehead atoms. The molecule has 0 aliphatic carbocycles. The molecule has 0 aromatic heterocycles. The molecule has 1 aromatic carbocycles. The Labute approximate surface area is 155 Å². The highest BCUT2D eigenvalue weighted by molar-refractivity contribution is 8.04. The molecular weight excluding hydrogens is 362 g/mol. The fourth-order valence-electron chi connectivity index (χ4n) is 2.34. The standard InChI is InChI=1S/C18H22F2N2O3S/c1-10(2)26-15-11(3)25-9-22(16(15)23)18(4,5)17(24)21-13-8-6-7-12(19)14(13)20/h6-8,10H,9H2,1-5H3,(H,21,24). The first-order valence-electron chi connectivity index (χ1n) is 8.13. The molecule has 0 radical (unpaired) electrons. The maximum Gasteiger partial charge on any atom is 0.267 e. The number of amides is 2. The molecule has 0 saturated heterocycles. The number of nitrogens with one attached hydrogen (secondary N) is 1. The molecule has 0 atom stereocenters. The molecule has 2 amide bonds. The molecule has 1 aliphatic heterocycles. The number of nitrogens with zero attached hydrogens (tertiary/aromatic N) is 1. The van der Waals surface area contributed by atoms with Crippen LogP contribution in [0, 0.1) is 11.6 Å². The number of hydrogen-bond donors (Lipinski definition) is 1.